The molecule has 32 heavy (non-hydrogen) atoms. The van der Waals surface area contributed by atoms with Gasteiger partial charge in [-0.25, -0.2) is 15.0 Å². The van der Waals surface area contributed by atoms with Crippen molar-refractivity contribution < 1.29 is 0 Å². The molecule has 2 atom stereocenters. The zero-order chi connectivity index (χ0) is 21.8. The first-order valence-corrected chi connectivity index (χ1v) is 10.5. The summed E-state index contributed by atoms with van der Waals surface area (Å²) in [6, 6.07) is 7.72. The molecule has 0 amide bonds. The maximum atomic E-state index is 5.88. The summed E-state index contributed by atoms with van der Waals surface area (Å²) >= 11 is 0. The minimum atomic E-state index is -0.151. The van der Waals surface area contributed by atoms with Gasteiger partial charge < -0.3 is 15.5 Å². The van der Waals surface area contributed by atoms with Crippen LogP contribution in [0.5, 0.6) is 0 Å². The van der Waals surface area contributed by atoms with E-state index in [-0.39, 0.29) is 18.6 Å². The topological polar surface area (TPSA) is 122 Å². The van der Waals surface area contributed by atoms with E-state index in [1.165, 1.54) is 11.1 Å². The predicted molar refractivity (Wildman–Crippen MR) is 119 cm³/mol. The molecular weight excluding hydrogens is 404 g/mol. The van der Waals surface area contributed by atoms with Crippen molar-refractivity contribution in [2.45, 2.75) is 31.7 Å². The van der Waals surface area contributed by atoms with Crippen LogP contribution in [0.4, 0.5) is 0 Å². The molecule has 0 radical (unpaired) electrons. The minimum absolute atomic E-state index is 0.151. The molecular formula is C22H24N10. The van der Waals surface area contributed by atoms with Gasteiger partial charge in [-0.1, -0.05) is 0 Å². The molecule has 0 saturated heterocycles. The van der Waals surface area contributed by atoms with E-state index < -0.39 is 0 Å². The van der Waals surface area contributed by atoms with Crippen molar-refractivity contribution >= 4 is 12.7 Å². The van der Waals surface area contributed by atoms with E-state index >= 15 is 0 Å². The molecule has 10 nitrogen and oxygen atoms in total. The van der Waals surface area contributed by atoms with Gasteiger partial charge in [-0.15, -0.1) is 0 Å². The third-order valence-electron chi connectivity index (χ3n) is 5.40. The number of nitrogens with zero attached hydrogens (tertiary/aromatic N) is 9. The molecule has 0 fully saturated rings. The fourth-order valence-electron chi connectivity index (χ4n) is 3.78. The average molecular weight is 429 g/mol. The van der Waals surface area contributed by atoms with E-state index in [0.717, 1.165) is 13.1 Å². The molecule has 0 aliphatic carbocycles. The Morgan fingerprint density at radius 1 is 0.719 bits per heavy atom. The lowest BCUT2D eigenvalue weighted by Crippen LogP contribution is -2.23. The standard InChI is InChI=1S/C22H24N10/c23-9-20-28-21(18-12-31(14-26-18)10-16-1-5-24-6-2-16)30-22(29-20)19-13-32(15-27-19)11-17-3-7-25-8-4-17/h1-8,14-15,18-19H,9-13,23H2. The third-order valence-corrected chi connectivity index (χ3v) is 5.40. The molecule has 0 bridgehead atoms. The van der Waals surface area contributed by atoms with E-state index in [1.807, 2.05) is 36.9 Å². The Hall–Kier alpha value is -3.79. The second kappa shape index (κ2) is 9.15. The summed E-state index contributed by atoms with van der Waals surface area (Å²) < 4.78 is 0. The lowest BCUT2D eigenvalue weighted by Gasteiger charge is -2.18. The Kier molecular flexibility index (Phi) is 5.75. The largest absolute Gasteiger partial charge is 0.356 e. The van der Waals surface area contributed by atoms with Gasteiger partial charge in [0.25, 0.3) is 0 Å². The number of nitrogens with two attached hydrogens (primary N) is 1. The lowest BCUT2D eigenvalue weighted by atomic mass is 10.2. The van der Waals surface area contributed by atoms with Crippen LogP contribution in [0.1, 0.15) is 40.7 Å². The van der Waals surface area contributed by atoms with Crippen LogP contribution in [-0.4, -0.2) is 60.5 Å². The smallest absolute Gasteiger partial charge is 0.159 e. The fraction of sp³-hybridized carbons (Fsp3) is 0.318. The summed E-state index contributed by atoms with van der Waals surface area (Å²) in [6.45, 7) is 3.19. The first-order chi connectivity index (χ1) is 15.8. The van der Waals surface area contributed by atoms with Gasteiger partial charge in [-0.05, 0) is 35.4 Å². The van der Waals surface area contributed by atoms with E-state index in [1.54, 1.807) is 24.8 Å². The van der Waals surface area contributed by atoms with Crippen LogP contribution < -0.4 is 5.73 Å². The SMILES string of the molecule is NCc1nc(C2CN(Cc3ccncc3)C=N2)nc(C2CN(Cc3ccncc3)C=N2)n1. The molecule has 3 aromatic heterocycles. The quantitative estimate of drug-likeness (QED) is 0.597. The first kappa shape index (κ1) is 20.1. The molecule has 0 aromatic carbocycles. The van der Waals surface area contributed by atoms with Gasteiger partial charge in [0.05, 0.1) is 19.2 Å². The van der Waals surface area contributed by atoms with Gasteiger partial charge in [-0.3, -0.25) is 20.0 Å². The number of hydrogen-bond donors (Lipinski definition) is 1. The molecule has 5 rings (SSSR count). The van der Waals surface area contributed by atoms with Crippen molar-refractivity contribution in [3.05, 3.63) is 77.7 Å². The first-order valence-electron chi connectivity index (χ1n) is 10.5. The maximum Gasteiger partial charge on any atom is 0.159 e. The molecule has 10 heteroatoms. The molecule has 0 spiro atoms. The van der Waals surface area contributed by atoms with Gasteiger partial charge in [0.1, 0.15) is 17.9 Å². The van der Waals surface area contributed by atoms with Crippen molar-refractivity contribution in [1.82, 2.24) is 34.7 Å². The number of aliphatic imine (C=N–C) groups is 2. The second-order valence-electron chi connectivity index (χ2n) is 7.80. The van der Waals surface area contributed by atoms with Crippen LogP contribution in [-0.2, 0) is 19.6 Å². The Morgan fingerprint density at radius 3 is 1.62 bits per heavy atom. The molecule has 2 unspecified atom stereocenters. The van der Waals surface area contributed by atoms with Gasteiger partial charge in [0.15, 0.2) is 11.6 Å². The van der Waals surface area contributed by atoms with Crippen molar-refractivity contribution in [2.24, 2.45) is 15.7 Å². The van der Waals surface area contributed by atoms with E-state index in [4.69, 9.17) is 10.7 Å². The summed E-state index contributed by atoms with van der Waals surface area (Å²) in [6.07, 6.45) is 10.9. The minimum Gasteiger partial charge on any atom is -0.356 e. The number of rotatable bonds is 7. The van der Waals surface area contributed by atoms with E-state index in [2.05, 4.69) is 39.7 Å². The molecule has 162 valence electrons. The monoisotopic (exact) mass is 428 g/mol. The third kappa shape index (κ3) is 4.59. The number of hydrogen-bond acceptors (Lipinski definition) is 10. The summed E-state index contributed by atoms with van der Waals surface area (Å²) in [5, 5.41) is 0. The Bertz CT molecular complexity index is 1020. The maximum absolute atomic E-state index is 5.88. The van der Waals surface area contributed by atoms with Crippen LogP contribution in [0.3, 0.4) is 0 Å². The van der Waals surface area contributed by atoms with Crippen molar-refractivity contribution in [3.63, 3.8) is 0 Å². The molecule has 0 saturated carbocycles. The Morgan fingerprint density at radius 2 is 1.19 bits per heavy atom. The predicted octanol–water partition coefficient (Wildman–Crippen LogP) is 1.29. The van der Waals surface area contributed by atoms with Gasteiger partial charge in [0.2, 0.25) is 0 Å². The van der Waals surface area contributed by atoms with Crippen LogP contribution in [0.15, 0.2) is 59.0 Å². The normalized spacial score (nSPS) is 19.8. The summed E-state index contributed by atoms with van der Waals surface area (Å²) in [4.78, 5) is 35.6. The number of aromatic nitrogens is 5. The molecule has 2 N–H and O–H groups in total. The highest BCUT2D eigenvalue weighted by atomic mass is 15.3. The highest BCUT2D eigenvalue weighted by molar-refractivity contribution is 5.59. The second-order valence-corrected chi connectivity index (χ2v) is 7.80. The molecule has 2 aliphatic rings. The van der Waals surface area contributed by atoms with E-state index in [0.29, 0.717) is 30.6 Å². The highest BCUT2D eigenvalue weighted by Gasteiger charge is 2.27. The van der Waals surface area contributed by atoms with Crippen LogP contribution in [0.25, 0.3) is 0 Å². The average Bonchev–Trinajstić information content (AvgIpc) is 3.50. The lowest BCUT2D eigenvalue weighted by molar-refractivity contribution is 0.412. The van der Waals surface area contributed by atoms with Crippen LogP contribution >= 0.6 is 0 Å². The fourth-order valence-corrected chi connectivity index (χ4v) is 3.78. The Balaban J connectivity index is 1.27. The van der Waals surface area contributed by atoms with Gasteiger partial charge in [0, 0.05) is 51.0 Å². The zero-order valence-electron chi connectivity index (χ0n) is 17.6. The van der Waals surface area contributed by atoms with Crippen LogP contribution in [0, 0.1) is 0 Å². The zero-order valence-corrected chi connectivity index (χ0v) is 17.6. The van der Waals surface area contributed by atoms with Gasteiger partial charge in [-0.2, -0.15) is 0 Å². The summed E-state index contributed by atoms with van der Waals surface area (Å²) in [5.41, 5.74) is 8.24. The summed E-state index contributed by atoms with van der Waals surface area (Å²) in [7, 11) is 0. The van der Waals surface area contributed by atoms with Crippen LogP contribution in [0.2, 0.25) is 0 Å². The molecule has 2 aliphatic heterocycles. The molecule has 5 heterocycles. The van der Waals surface area contributed by atoms with Crippen molar-refractivity contribution in [3.8, 4) is 0 Å². The van der Waals surface area contributed by atoms with Crippen molar-refractivity contribution in [1.29, 1.82) is 0 Å². The Labute approximate surface area is 186 Å². The highest BCUT2D eigenvalue weighted by Crippen LogP contribution is 2.25. The van der Waals surface area contributed by atoms with Gasteiger partial charge >= 0.3 is 0 Å². The van der Waals surface area contributed by atoms with E-state index in [9.17, 15) is 0 Å². The van der Waals surface area contributed by atoms with Crippen molar-refractivity contribution in [2.75, 3.05) is 13.1 Å². The number of pyridine rings is 2. The molecule has 3 aromatic rings. The summed E-state index contributed by atoms with van der Waals surface area (Å²) in [5.74, 6) is 1.86.